The Balaban J connectivity index is 2.50. The van der Waals surface area contributed by atoms with Gasteiger partial charge in [0.05, 0.1) is 17.3 Å². The molecule has 0 spiro atoms. The van der Waals surface area contributed by atoms with E-state index in [4.69, 9.17) is 9.84 Å². The lowest BCUT2D eigenvalue weighted by atomic mass is 10.4. The van der Waals surface area contributed by atoms with Gasteiger partial charge in [0.15, 0.2) is 5.75 Å². The van der Waals surface area contributed by atoms with Crippen LogP contribution in [-0.2, 0) is 4.79 Å². The number of hydrogen-bond acceptors (Lipinski definition) is 5. The Labute approximate surface area is 127 Å². The van der Waals surface area contributed by atoms with Gasteiger partial charge in [-0.2, -0.15) is 0 Å². The van der Waals surface area contributed by atoms with E-state index in [0.29, 0.717) is 22.9 Å². The zero-order chi connectivity index (χ0) is 14.4. The smallest absolute Gasteiger partial charge is 0.313 e. The summed E-state index contributed by atoms with van der Waals surface area (Å²) in [7, 11) is 1.52. The Hall–Kier alpha value is -0.730. The first kappa shape index (κ1) is 16.3. The van der Waals surface area contributed by atoms with E-state index in [1.54, 1.807) is 0 Å². The van der Waals surface area contributed by atoms with Gasteiger partial charge in [0.1, 0.15) is 4.88 Å². The van der Waals surface area contributed by atoms with E-state index in [-0.39, 0.29) is 11.7 Å². The average molecular weight is 368 g/mol. The van der Waals surface area contributed by atoms with Crippen LogP contribution < -0.4 is 10.1 Å². The molecule has 0 aliphatic carbocycles. The van der Waals surface area contributed by atoms with Crippen LogP contribution in [0.15, 0.2) is 4.47 Å². The van der Waals surface area contributed by atoms with Crippen LogP contribution in [0.1, 0.15) is 14.5 Å². The summed E-state index contributed by atoms with van der Waals surface area (Å²) < 4.78 is 5.99. The van der Waals surface area contributed by atoms with Crippen LogP contribution in [0.5, 0.6) is 5.75 Å². The van der Waals surface area contributed by atoms with Gasteiger partial charge in [-0.25, -0.2) is 0 Å². The summed E-state index contributed by atoms with van der Waals surface area (Å²) in [6.45, 7) is 2.32. The summed E-state index contributed by atoms with van der Waals surface area (Å²) in [4.78, 5) is 23.8. The quantitative estimate of drug-likeness (QED) is 0.723. The second-order valence-corrected chi connectivity index (χ2v) is 6.66. The van der Waals surface area contributed by atoms with Crippen LogP contribution in [-0.4, -0.2) is 42.1 Å². The molecule has 0 atom stereocenters. The molecule has 0 aliphatic heterocycles. The lowest BCUT2D eigenvalue weighted by molar-refractivity contribution is -0.133. The summed E-state index contributed by atoms with van der Waals surface area (Å²) >= 11 is 6.00. The monoisotopic (exact) mass is 367 g/mol. The van der Waals surface area contributed by atoms with E-state index in [9.17, 15) is 9.59 Å². The molecule has 0 radical (unpaired) electrons. The molecule has 0 saturated heterocycles. The number of thiophene rings is 1. The number of carboxylic acid groups (broad SMARTS) is 1. The van der Waals surface area contributed by atoms with Crippen LogP contribution in [0.25, 0.3) is 0 Å². The van der Waals surface area contributed by atoms with Crippen molar-refractivity contribution in [3.8, 4) is 5.75 Å². The maximum Gasteiger partial charge on any atom is 0.313 e. The maximum absolute atomic E-state index is 12.0. The molecule has 5 nitrogen and oxygen atoms in total. The fourth-order valence-corrected chi connectivity index (χ4v) is 3.54. The molecule has 1 aromatic heterocycles. The zero-order valence-electron chi connectivity index (χ0n) is 10.5. The number of halogens is 1. The van der Waals surface area contributed by atoms with Crippen molar-refractivity contribution < 1.29 is 19.4 Å². The molecule has 0 aliphatic rings. The number of carbonyl (C=O) groups excluding carboxylic acids is 1. The van der Waals surface area contributed by atoms with Gasteiger partial charge in [-0.3, -0.25) is 9.59 Å². The first-order valence-electron chi connectivity index (χ1n) is 5.38. The van der Waals surface area contributed by atoms with Gasteiger partial charge in [0.2, 0.25) is 0 Å². The highest BCUT2D eigenvalue weighted by Gasteiger charge is 2.20. The minimum atomic E-state index is -0.851. The lowest BCUT2D eigenvalue weighted by Crippen LogP contribution is -2.25. The summed E-state index contributed by atoms with van der Waals surface area (Å²) in [6.07, 6.45) is 0. The first-order chi connectivity index (χ1) is 8.97. The highest BCUT2D eigenvalue weighted by atomic mass is 79.9. The number of hydrogen-bond donors (Lipinski definition) is 2. The average Bonchev–Trinajstić information content (AvgIpc) is 2.64. The Morgan fingerprint density at radius 2 is 2.21 bits per heavy atom. The number of methoxy groups -OCH3 is 1. The first-order valence-corrected chi connectivity index (χ1v) is 8.14. The third kappa shape index (κ3) is 4.70. The van der Waals surface area contributed by atoms with Crippen LogP contribution in [0.3, 0.4) is 0 Å². The molecule has 1 heterocycles. The number of amides is 1. The van der Waals surface area contributed by atoms with Gasteiger partial charge < -0.3 is 15.2 Å². The molecule has 0 bridgehead atoms. The van der Waals surface area contributed by atoms with E-state index in [2.05, 4.69) is 21.2 Å². The van der Waals surface area contributed by atoms with Crippen molar-refractivity contribution in [1.29, 1.82) is 0 Å². The van der Waals surface area contributed by atoms with E-state index in [0.717, 1.165) is 9.35 Å². The second kappa shape index (κ2) is 7.76. The molecule has 0 saturated carbocycles. The second-order valence-electron chi connectivity index (χ2n) is 3.54. The molecule has 1 amide bonds. The lowest BCUT2D eigenvalue weighted by Gasteiger charge is -2.05. The maximum atomic E-state index is 12.0. The fourth-order valence-electron chi connectivity index (χ4n) is 1.31. The van der Waals surface area contributed by atoms with Crippen molar-refractivity contribution in [3.05, 3.63) is 14.2 Å². The van der Waals surface area contributed by atoms with Gasteiger partial charge in [-0.05, 0) is 22.9 Å². The Morgan fingerprint density at radius 3 is 2.79 bits per heavy atom. The summed E-state index contributed by atoms with van der Waals surface area (Å²) in [5, 5.41) is 11.2. The summed E-state index contributed by atoms with van der Waals surface area (Å²) in [6, 6.07) is 0. The van der Waals surface area contributed by atoms with Crippen LogP contribution in [0, 0.1) is 6.92 Å². The predicted molar refractivity (Wildman–Crippen MR) is 80.6 cm³/mol. The molecule has 0 unspecified atom stereocenters. The number of carbonyl (C=O) groups is 2. The third-order valence-corrected chi connectivity index (χ3v) is 5.38. The molecule has 1 aromatic rings. The number of rotatable bonds is 7. The van der Waals surface area contributed by atoms with Crippen LogP contribution in [0.4, 0.5) is 0 Å². The molecule has 2 N–H and O–H groups in total. The number of aryl methyl sites for hydroxylation is 1. The molecule has 19 heavy (non-hydrogen) atoms. The van der Waals surface area contributed by atoms with Crippen molar-refractivity contribution >= 4 is 50.9 Å². The van der Waals surface area contributed by atoms with Gasteiger partial charge >= 0.3 is 5.97 Å². The molecule has 106 valence electrons. The minimum Gasteiger partial charge on any atom is -0.494 e. The van der Waals surface area contributed by atoms with Gasteiger partial charge in [0.25, 0.3) is 5.91 Å². The fraction of sp³-hybridized carbons (Fsp3) is 0.455. The number of ether oxygens (including phenoxy) is 1. The molecule has 0 aromatic carbocycles. The molecular weight excluding hydrogens is 354 g/mol. The van der Waals surface area contributed by atoms with Gasteiger partial charge in [-0.1, -0.05) is 0 Å². The number of aliphatic carboxylic acids is 1. The number of nitrogens with one attached hydrogen (secondary N) is 1. The Kier molecular flexibility index (Phi) is 6.67. The number of carboxylic acids is 1. The van der Waals surface area contributed by atoms with Crippen LogP contribution >= 0.6 is 39.0 Å². The van der Waals surface area contributed by atoms with E-state index >= 15 is 0 Å². The minimum absolute atomic E-state index is 0.0445. The normalized spacial score (nSPS) is 10.3. The van der Waals surface area contributed by atoms with E-state index in [1.807, 2.05) is 6.92 Å². The van der Waals surface area contributed by atoms with Crippen molar-refractivity contribution in [3.63, 3.8) is 0 Å². The van der Waals surface area contributed by atoms with Crippen molar-refractivity contribution in [1.82, 2.24) is 5.32 Å². The van der Waals surface area contributed by atoms with Crippen LogP contribution in [0.2, 0.25) is 0 Å². The van der Waals surface area contributed by atoms with Crippen molar-refractivity contribution in [2.75, 3.05) is 25.2 Å². The Bertz CT molecular complexity index is 476. The molecular formula is C11H14BrNO4S2. The van der Waals surface area contributed by atoms with Gasteiger partial charge in [0, 0.05) is 17.2 Å². The third-order valence-electron chi connectivity index (χ3n) is 2.14. The highest BCUT2D eigenvalue weighted by molar-refractivity contribution is 9.10. The van der Waals surface area contributed by atoms with Gasteiger partial charge in [-0.15, -0.1) is 23.1 Å². The molecule has 0 fully saturated rings. The van der Waals surface area contributed by atoms with Crippen molar-refractivity contribution in [2.24, 2.45) is 0 Å². The van der Waals surface area contributed by atoms with E-state index < -0.39 is 5.97 Å². The molecule has 1 rings (SSSR count). The van der Waals surface area contributed by atoms with Crippen molar-refractivity contribution in [2.45, 2.75) is 6.92 Å². The largest absolute Gasteiger partial charge is 0.494 e. The summed E-state index contributed by atoms with van der Waals surface area (Å²) in [5.41, 5.74) is 0. The predicted octanol–water partition coefficient (Wildman–Crippen LogP) is 2.38. The molecule has 8 heteroatoms. The SMILES string of the molecule is COc1c(C(=O)NCCSCC(=O)O)sc(C)c1Br. The topological polar surface area (TPSA) is 75.6 Å². The summed E-state index contributed by atoms with van der Waals surface area (Å²) in [5.74, 6) is 0.0925. The zero-order valence-corrected chi connectivity index (χ0v) is 13.7. The van der Waals surface area contributed by atoms with E-state index in [1.165, 1.54) is 30.2 Å². The highest BCUT2D eigenvalue weighted by Crippen LogP contribution is 2.38. The Morgan fingerprint density at radius 1 is 1.53 bits per heavy atom. The standard InChI is InChI=1S/C11H14BrNO4S2/c1-6-8(12)9(17-2)10(19-6)11(16)13-3-4-18-5-7(14)15/h3-5H2,1-2H3,(H,13,16)(H,14,15). The number of thioether (sulfide) groups is 1.